The van der Waals surface area contributed by atoms with Crippen molar-refractivity contribution in [3.8, 4) is 0 Å². The molecule has 0 aromatic rings. The van der Waals surface area contributed by atoms with E-state index in [2.05, 4.69) is 27.7 Å². The average molecular weight is 268 g/mol. The summed E-state index contributed by atoms with van der Waals surface area (Å²) >= 11 is 3.59. The van der Waals surface area contributed by atoms with E-state index in [-0.39, 0.29) is 11.2 Å². The third kappa shape index (κ3) is 7.79. The topological polar surface area (TPSA) is 60.7 Å². The van der Waals surface area contributed by atoms with E-state index in [4.69, 9.17) is 5.11 Å². The maximum atomic E-state index is 9.68. The summed E-state index contributed by atoms with van der Waals surface area (Å²) in [6.07, 6.45) is -1.36. The number of hydrogen-bond acceptors (Lipinski definition) is 5. The summed E-state index contributed by atoms with van der Waals surface area (Å²) in [7, 11) is 0. The zero-order valence-electron chi connectivity index (χ0n) is 10.5. The third-order valence-corrected chi connectivity index (χ3v) is 4.66. The van der Waals surface area contributed by atoms with Crippen LogP contribution >= 0.6 is 23.5 Å². The Morgan fingerprint density at radius 1 is 0.875 bits per heavy atom. The highest BCUT2D eigenvalue weighted by atomic mass is 32.2. The number of aliphatic hydroxyl groups excluding tert-OH is 3. The van der Waals surface area contributed by atoms with Crippen molar-refractivity contribution in [1.82, 2.24) is 0 Å². The van der Waals surface area contributed by atoms with Gasteiger partial charge in [-0.15, -0.1) is 23.5 Å². The molecule has 98 valence electrons. The quantitative estimate of drug-likeness (QED) is 0.585. The minimum Gasteiger partial charge on any atom is -0.394 e. The summed E-state index contributed by atoms with van der Waals surface area (Å²) in [5.74, 6) is 0. The Hall–Kier alpha value is 0.580. The largest absolute Gasteiger partial charge is 0.394 e. The molecule has 0 spiro atoms. The van der Waals surface area contributed by atoms with Crippen LogP contribution in [0.3, 0.4) is 0 Å². The molecule has 3 nitrogen and oxygen atoms in total. The Morgan fingerprint density at radius 2 is 1.31 bits per heavy atom. The Balaban J connectivity index is 4.18. The maximum absolute atomic E-state index is 9.68. The Bertz CT molecular complexity index is 167. The van der Waals surface area contributed by atoms with Gasteiger partial charge in [-0.1, -0.05) is 27.7 Å². The van der Waals surface area contributed by atoms with Crippen LogP contribution < -0.4 is 0 Å². The van der Waals surface area contributed by atoms with E-state index in [1.54, 1.807) is 23.5 Å². The van der Waals surface area contributed by atoms with Gasteiger partial charge in [-0.2, -0.15) is 0 Å². The molecular formula is C11H24O3S2. The lowest BCUT2D eigenvalue weighted by Gasteiger charge is -2.24. The molecule has 0 rings (SSSR count). The molecule has 0 aliphatic carbocycles. The fourth-order valence-corrected chi connectivity index (χ4v) is 4.65. The number of thioether (sulfide) groups is 2. The number of rotatable bonds is 8. The SMILES string of the molecule is CC(C)SC(C[C@H](O)[C@@H](O)CO)SC(C)C. The van der Waals surface area contributed by atoms with E-state index in [0.717, 1.165) is 0 Å². The molecule has 2 atom stereocenters. The Morgan fingerprint density at radius 3 is 1.62 bits per heavy atom. The lowest BCUT2D eigenvalue weighted by molar-refractivity contribution is -0.0154. The van der Waals surface area contributed by atoms with Gasteiger partial charge >= 0.3 is 0 Å². The van der Waals surface area contributed by atoms with Gasteiger partial charge in [0.1, 0.15) is 6.10 Å². The van der Waals surface area contributed by atoms with Crippen molar-refractivity contribution in [2.24, 2.45) is 0 Å². The van der Waals surface area contributed by atoms with Gasteiger partial charge in [0.05, 0.1) is 17.3 Å². The maximum Gasteiger partial charge on any atom is 0.103 e. The van der Waals surface area contributed by atoms with Crippen molar-refractivity contribution in [3.05, 3.63) is 0 Å². The van der Waals surface area contributed by atoms with E-state index in [1.807, 2.05) is 0 Å². The standard InChI is InChI=1S/C11H24O3S2/c1-7(2)15-11(16-8(3)4)5-9(13)10(14)6-12/h7-14H,5-6H2,1-4H3/t9-,10-/m0/s1. The van der Waals surface area contributed by atoms with Gasteiger partial charge in [0.25, 0.3) is 0 Å². The molecular weight excluding hydrogens is 244 g/mol. The van der Waals surface area contributed by atoms with Crippen LogP contribution in [0.25, 0.3) is 0 Å². The zero-order valence-corrected chi connectivity index (χ0v) is 12.1. The number of aliphatic hydroxyl groups is 3. The molecule has 0 fully saturated rings. The fraction of sp³-hybridized carbons (Fsp3) is 1.00. The first kappa shape index (κ1) is 16.6. The van der Waals surface area contributed by atoms with Gasteiger partial charge < -0.3 is 15.3 Å². The second-order valence-electron chi connectivity index (χ2n) is 4.35. The Kier molecular flexibility index (Phi) is 8.95. The van der Waals surface area contributed by atoms with Gasteiger partial charge in [-0.3, -0.25) is 0 Å². The summed E-state index contributed by atoms with van der Waals surface area (Å²) < 4.78 is 0.260. The number of hydrogen-bond donors (Lipinski definition) is 3. The molecule has 0 amide bonds. The van der Waals surface area contributed by atoms with Crippen LogP contribution in [0, 0.1) is 0 Å². The molecule has 0 radical (unpaired) electrons. The summed E-state index contributed by atoms with van der Waals surface area (Å²) in [6, 6.07) is 0. The first-order valence-electron chi connectivity index (χ1n) is 5.64. The molecule has 0 aliphatic heterocycles. The second-order valence-corrected chi connectivity index (χ2v) is 8.22. The highest BCUT2D eigenvalue weighted by Gasteiger charge is 2.22. The van der Waals surface area contributed by atoms with Crippen LogP contribution in [0.4, 0.5) is 0 Å². The lowest BCUT2D eigenvalue weighted by atomic mass is 10.2. The van der Waals surface area contributed by atoms with E-state index in [0.29, 0.717) is 16.9 Å². The van der Waals surface area contributed by atoms with E-state index >= 15 is 0 Å². The van der Waals surface area contributed by atoms with Crippen LogP contribution in [-0.4, -0.2) is 49.2 Å². The summed E-state index contributed by atoms with van der Waals surface area (Å²) in [5, 5.41) is 28.8. The molecule has 5 heteroatoms. The van der Waals surface area contributed by atoms with E-state index < -0.39 is 12.2 Å². The van der Waals surface area contributed by atoms with Crippen molar-refractivity contribution in [2.75, 3.05) is 6.61 Å². The highest BCUT2D eigenvalue weighted by Crippen LogP contribution is 2.34. The average Bonchev–Trinajstić information content (AvgIpc) is 2.14. The predicted octanol–water partition coefficient (Wildman–Crippen LogP) is 1.70. The van der Waals surface area contributed by atoms with Crippen molar-refractivity contribution >= 4 is 23.5 Å². The zero-order chi connectivity index (χ0) is 12.7. The predicted molar refractivity (Wildman–Crippen MR) is 73.0 cm³/mol. The van der Waals surface area contributed by atoms with Crippen LogP contribution in [0.15, 0.2) is 0 Å². The van der Waals surface area contributed by atoms with E-state index in [9.17, 15) is 10.2 Å². The van der Waals surface area contributed by atoms with Gasteiger partial charge in [-0.25, -0.2) is 0 Å². The molecule has 0 aromatic heterocycles. The summed E-state index contributed by atoms with van der Waals surface area (Å²) in [4.78, 5) is 0. The summed E-state index contributed by atoms with van der Waals surface area (Å²) in [5.41, 5.74) is 0. The van der Waals surface area contributed by atoms with Gasteiger partial charge in [0.15, 0.2) is 0 Å². The van der Waals surface area contributed by atoms with Gasteiger partial charge in [0.2, 0.25) is 0 Å². The smallest absolute Gasteiger partial charge is 0.103 e. The second kappa shape index (κ2) is 8.64. The molecule has 0 unspecified atom stereocenters. The monoisotopic (exact) mass is 268 g/mol. The van der Waals surface area contributed by atoms with Crippen molar-refractivity contribution < 1.29 is 15.3 Å². The first-order chi connectivity index (χ1) is 7.36. The van der Waals surface area contributed by atoms with Gasteiger partial charge in [-0.05, 0) is 6.42 Å². The third-order valence-electron chi connectivity index (χ3n) is 1.91. The molecule has 0 aliphatic rings. The van der Waals surface area contributed by atoms with Crippen molar-refractivity contribution in [2.45, 2.75) is 61.4 Å². The van der Waals surface area contributed by atoms with E-state index in [1.165, 1.54) is 0 Å². The van der Waals surface area contributed by atoms with Crippen LogP contribution in [0.2, 0.25) is 0 Å². The van der Waals surface area contributed by atoms with Crippen LogP contribution in [-0.2, 0) is 0 Å². The van der Waals surface area contributed by atoms with Crippen LogP contribution in [0.5, 0.6) is 0 Å². The summed E-state index contributed by atoms with van der Waals surface area (Å²) in [6.45, 7) is 8.09. The van der Waals surface area contributed by atoms with Crippen molar-refractivity contribution in [3.63, 3.8) is 0 Å². The molecule has 0 bridgehead atoms. The lowest BCUT2D eigenvalue weighted by Crippen LogP contribution is -2.31. The molecule has 16 heavy (non-hydrogen) atoms. The molecule has 0 saturated heterocycles. The Labute approximate surface area is 107 Å². The minimum absolute atomic E-state index is 0.260. The fourth-order valence-electron chi connectivity index (χ4n) is 1.23. The molecule has 0 aromatic carbocycles. The van der Waals surface area contributed by atoms with Gasteiger partial charge in [0, 0.05) is 10.5 Å². The normalized spacial score (nSPS) is 16.1. The molecule has 0 heterocycles. The minimum atomic E-state index is -1.02. The molecule has 0 saturated carbocycles. The van der Waals surface area contributed by atoms with Crippen LogP contribution in [0.1, 0.15) is 34.1 Å². The molecule has 3 N–H and O–H groups in total. The highest BCUT2D eigenvalue weighted by molar-refractivity contribution is 8.17. The van der Waals surface area contributed by atoms with Crippen molar-refractivity contribution in [1.29, 1.82) is 0 Å². The first-order valence-corrected chi connectivity index (χ1v) is 7.53.